The summed E-state index contributed by atoms with van der Waals surface area (Å²) in [5.41, 5.74) is 0.744. The highest BCUT2D eigenvalue weighted by Gasteiger charge is 2.27. The number of amides is 1. The number of nitrogens with one attached hydrogen (secondary N) is 1. The van der Waals surface area contributed by atoms with Crippen LogP contribution in [0.25, 0.3) is 10.9 Å². The van der Waals surface area contributed by atoms with Crippen molar-refractivity contribution in [2.24, 2.45) is 5.92 Å². The van der Waals surface area contributed by atoms with Gasteiger partial charge in [-0.15, -0.1) is 0 Å². The third-order valence-corrected chi connectivity index (χ3v) is 4.64. The number of nitro groups is 1. The van der Waals surface area contributed by atoms with E-state index in [1.54, 1.807) is 44.2 Å². The molecule has 0 aliphatic heterocycles. The van der Waals surface area contributed by atoms with Crippen LogP contribution in [0.5, 0.6) is 11.5 Å². The predicted molar refractivity (Wildman–Crippen MR) is 108 cm³/mol. The van der Waals surface area contributed by atoms with E-state index >= 15 is 0 Å². The molecule has 1 atom stereocenters. The van der Waals surface area contributed by atoms with Crippen LogP contribution in [0.3, 0.4) is 0 Å². The summed E-state index contributed by atoms with van der Waals surface area (Å²) in [6.45, 7) is 3.48. The lowest BCUT2D eigenvalue weighted by Crippen LogP contribution is -2.32. The van der Waals surface area contributed by atoms with Gasteiger partial charge in [-0.25, -0.2) is 0 Å². The van der Waals surface area contributed by atoms with Gasteiger partial charge >= 0.3 is 0 Å². The van der Waals surface area contributed by atoms with Gasteiger partial charge in [0.25, 0.3) is 5.69 Å². The van der Waals surface area contributed by atoms with Crippen molar-refractivity contribution in [3.05, 3.63) is 69.9 Å². The summed E-state index contributed by atoms with van der Waals surface area (Å²) >= 11 is 0. The summed E-state index contributed by atoms with van der Waals surface area (Å²) in [6.07, 6.45) is 1.45. The molecule has 8 heteroatoms. The first-order chi connectivity index (χ1) is 13.8. The molecule has 0 fully saturated rings. The Morgan fingerprint density at radius 3 is 2.52 bits per heavy atom. The second-order valence-corrected chi connectivity index (χ2v) is 6.86. The lowest BCUT2D eigenvalue weighted by atomic mass is 9.94. The fraction of sp³-hybridized carbons (Fsp3) is 0.238. The second kappa shape index (κ2) is 8.14. The molecule has 8 nitrogen and oxygen atoms in total. The van der Waals surface area contributed by atoms with E-state index in [1.807, 2.05) is 0 Å². The number of ether oxygens (including phenoxy) is 1. The zero-order valence-electron chi connectivity index (χ0n) is 16.2. The number of phenols is 1. The van der Waals surface area contributed by atoms with Crippen LogP contribution >= 0.6 is 0 Å². The van der Waals surface area contributed by atoms with Crippen molar-refractivity contribution < 1.29 is 19.6 Å². The Morgan fingerprint density at radius 2 is 1.93 bits per heavy atom. The lowest BCUT2D eigenvalue weighted by molar-refractivity contribution is -0.383. The molecule has 0 saturated carbocycles. The lowest BCUT2D eigenvalue weighted by Gasteiger charge is -2.22. The van der Waals surface area contributed by atoms with Crippen molar-refractivity contribution in [1.29, 1.82) is 0 Å². The van der Waals surface area contributed by atoms with Crippen LogP contribution in [0, 0.1) is 16.0 Å². The van der Waals surface area contributed by atoms with Crippen molar-refractivity contribution in [3.63, 3.8) is 0 Å². The van der Waals surface area contributed by atoms with Crippen molar-refractivity contribution >= 4 is 22.5 Å². The van der Waals surface area contributed by atoms with Gasteiger partial charge in [0.15, 0.2) is 0 Å². The number of carbonyl (C=O) groups is 1. The van der Waals surface area contributed by atoms with Crippen molar-refractivity contribution in [1.82, 2.24) is 10.3 Å². The average Bonchev–Trinajstić information content (AvgIpc) is 2.72. The molecule has 2 aromatic carbocycles. The number of carbonyl (C=O) groups excluding carboxylic acids is 1. The van der Waals surface area contributed by atoms with Gasteiger partial charge in [0.2, 0.25) is 5.91 Å². The fourth-order valence-corrected chi connectivity index (χ4v) is 3.05. The van der Waals surface area contributed by atoms with Gasteiger partial charge in [-0.05, 0) is 29.8 Å². The molecule has 1 aromatic heterocycles. The molecule has 29 heavy (non-hydrogen) atoms. The highest BCUT2D eigenvalue weighted by Crippen LogP contribution is 2.39. The van der Waals surface area contributed by atoms with Gasteiger partial charge in [0.1, 0.15) is 17.0 Å². The van der Waals surface area contributed by atoms with E-state index in [-0.39, 0.29) is 39.7 Å². The van der Waals surface area contributed by atoms with Gasteiger partial charge < -0.3 is 15.2 Å². The van der Waals surface area contributed by atoms with E-state index in [1.165, 1.54) is 25.4 Å². The van der Waals surface area contributed by atoms with E-state index < -0.39 is 11.0 Å². The van der Waals surface area contributed by atoms with E-state index in [2.05, 4.69) is 10.3 Å². The van der Waals surface area contributed by atoms with Gasteiger partial charge in [0, 0.05) is 23.7 Å². The molecule has 1 heterocycles. The Labute approximate surface area is 167 Å². The molecule has 0 aliphatic rings. The third kappa shape index (κ3) is 3.96. The van der Waals surface area contributed by atoms with Crippen LogP contribution in [0.1, 0.15) is 31.0 Å². The first kappa shape index (κ1) is 20.1. The average molecular weight is 395 g/mol. The standard InChI is InChI=1S/C21H21N3O5/c1-12(2)21(26)23-18(13-6-8-14(29-3)9-7-13)16-11-17(24(27)28)15-5-4-10-22-19(15)20(16)25/h4-12,18,25H,1-3H3,(H,23,26)/t18-/m0/s1. The number of phenolic OH excluding ortho intramolecular Hbond substituents is 1. The van der Waals surface area contributed by atoms with Crippen LogP contribution in [0.2, 0.25) is 0 Å². The highest BCUT2D eigenvalue weighted by atomic mass is 16.6. The summed E-state index contributed by atoms with van der Waals surface area (Å²) in [5.74, 6) is -0.158. The number of nitro benzene ring substituents is 1. The smallest absolute Gasteiger partial charge is 0.279 e. The third-order valence-electron chi connectivity index (χ3n) is 4.64. The summed E-state index contributed by atoms with van der Waals surface area (Å²) in [5, 5.41) is 25.6. The topological polar surface area (TPSA) is 115 Å². The Kier molecular flexibility index (Phi) is 5.63. The number of aromatic nitrogens is 1. The quantitative estimate of drug-likeness (QED) is 0.486. The molecule has 0 unspecified atom stereocenters. The van der Waals surface area contributed by atoms with E-state index in [9.17, 15) is 20.0 Å². The van der Waals surface area contributed by atoms with Crippen LogP contribution in [0.4, 0.5) is 5.69 Å². The summed E-state index contributed by atoms with van der Waals surface area (Å²) in [4.78, 5) is 27.7. The first-order valence-corrected chi connectivity index (χ1v) is 9.02. The minimum absolute atomic E-state index is 0.106. The van der Waals surface area contributed by atoms with Gasteiger partial charge in [0.05, 0.1) is 23.5 Å². The molecule has 0 saturated heterocycles. The monoisotopic (exact) mass is 395 g/mol. The van der Waals surface area contributed by atoms with Crippen LogP contribution in [-0.4, -0.2) is 28.0 Å². The summed E-state index contributed by atoms with van der Waals surface area (Å²) in [7, 11) is 1.54. The number of hydrogen-bond acceptors (Lipinski definition) is 6. The van der Waals surface area contributed by atoms with E-state index in [4.69, 9.17) is 4.74 Å². The zero-order valence-corrected chi connectivity index (χ0v) is 16.2. The Balaban J connectivity index is 2.23. The second-order valence-electron chi connectivity index (χ2n) is 6.86. The molecule has 0 aliphatic carbocycles. The minimum Gasteiger partial charge on any atom is -0.505 e. The molecule has 1 amide bonds. The summed E-state index contributed by atoms with van der Waals surface area (Å²) < 4.78 is 5.17. The van der Waals surface area contributed by atoms with Crippen LogP contribution < -0.4 is 10.1 Å². The van der Waals surface area contributed by atoms with Crippen LogP contribution in [-0.2, 0) is 4.79 Å². The Morgan fingerprint density at radius 1 is 1.24 bits per heavy atom. The number of nitrogens with zero attached hydrogens (tertiary/aromatic N) is 2. The number of rotatable bonds is 6. The molecule has 2 N–H and O–H groups in total. The molecule has 3 aromatic rings. The van der Waals surface area contributed by atoms with Gasteiger partial charge in [-0.2, -0.15) is 0 Å². The maximum Gasteiger partial charge on any atom is 0.279 e. The largest absolute Gasteiger partial charge is 0.505 e. The number of fused-ring (bicyclic) bond motifs is 1. The maximum absolute atomic E-state index is 12.4. The summed E-state index contributed by atoms with van der Waals surface area (Å²) in [6, 6.07) is 10.5. The number of non-ortho nitro benzene ring substituents is 1. The first-order valence-electron chi connectivity index (χ1n) is 9.02. The number of pyridine rings is 1. The Hall–Kier alpha value is -3.68. The number of methoxy groups -OCH3 is 1. The van der Waals surface area contributed by atoms with E-state index in [0.717, 1.165) is 0 Å². The normalized spacial score (nSPS) is 12.0. The van der Waals surface area contributed by atoms with Crippen molar-refractivity contribution in [3.8, 4) is 11.5 Å². The Bertz CT molecular complexity index is 1060. The molecule has 0 radical (unpaired) electrons. The van der Waals surface area contributed by atoms with Gasteiger partial charge in [-0.1, -0.05) is 26.0 Å². The zero-order chi connectivity index (χ0) is 21.1. The van der Waals surface area contributed by atoms with Crippen molar-refractivity contribution in [2.45, 2.75) is 19.9 Å². The molecule has 0 bridgehead atoms. The van der Waals surface area contributed by atoms with Gasteiger partial charge in [-0.3, -0.25) is 19.9 Å². The van der Waals surface area contributed by atoms with Crippen LogP contribution in [0.15, 0.2) is 48.7 Å². The fourth-order valence-electron chi connectivity index (χ4n) is 3.05. The molecule has 150 valence electrons. The molecular formula is C21H21N3O5. The van der Waals surface area contributed by atoms with E-state index in [0.29, 0.717) is 11.3 Å². The predicted octanol–water partition coefficient (Wildman–Crippen LogP) is 3.72. The number of benzene rings is 2. The number of aromatic hydroxyl groups is 1. The minimum atomic E-state index is -0.805. The number of hydrogen-bond donors (Lipinski definition) is 2. The molecular weight excluding hydrogens is 374 g/mol. The maximum atomic E-state index is 12.4. The molecule has 0 spiro atoms. The highest BCUT2D eigenvalue weighted by molar-refractivity contribution is 5.94. The molecule has 3 rings (SSSR count). The van der Waals surface area contributed by atoms with Crippen molar-refractivity contribution in [2.75, 3.05) is 7.11 Å². The SMILES string of the molecule is COc1ccc([C@H](NC(=O)C(C)C)c2cc([N+](=O)[O-])c3cccnc3c2O)cc1.